The summed E-state index contributed by atoms with van der Waals surface area (Å²) in [5, 5.41) is 2.82. The number of hydrogen-bond acceptors (Lipinski definition) is 4. The third kappa shape index (κ3) is 2.88. The lowest BCUT2D eigenvalue weighted by Gasteiger charge is -2.21. The molecular weight excluding hydrogens is 313 g/mol. The molecule has 1 aliphatic carbocycles. The zero-order valence-electron chi connectivity index (χ0n) is 13.3. The first kappa shape index (κ1) is 15.5. The molecular formula is C17H20FN3O3. The Balaban J connectivity index is 1.34. The molecule has 0 spiro atoms. The van der Waals surface area contributed by atoms with Gasteiger partial charge in [0.1, 0.15) is 0 Å². The van der Waals surface area contributed by atoms with Crippen molar-refractivity contribution < 1.29 is 18.7 Å². The molecule has 2 aliphatic heterocycles. The third-order valence-corrected chi connectivity index (χ3v) is 5.19. The van der Waals surface area contributed by atoms with Gasteiger partial charge in [-0.05, 0) is 30.9 Å². The van der Waals surface area contributed by atoms with Gasteiger partial charge in [-0.3, -0.25) is 14.6 Å². The van der Waals surface area contributed by atoms with E-state index in [-0.39, 0.29) is 23.8 Å². The summed E-state index contributed by atoms with van der Waals surface area (Å²) in [6, 6.07) is 3.54. The van der Waals surface area contributed by atoms with Crippen LogP contribution in [-0.2, 0) is 14.3 Å². The van der Waals surface area contributed by atoms with Crippen molar-refractivity contribution in [3.8, 4) is 0 Å². The summed E-state index contributed by atoms with van der Waals surface area (Å²) in [5.74, 6) is -0.333. The van der Waals surface area contributed by atoms with Crippen LogP contribution in [0.1, 0.15) is 19.3 Å². The summed E-state index contributed by atoms with van der Waals surface area (Å²) in [7, 11) is 0. The van der Waals surface area contributed by atoms with Crippen LogP contribution in [-0.4, -0.2) is 53.2 Å². The Morgan fingerprint density at radius 2 is 2.25 bits per heavy atom. The molecule has 1 aromatic rings. The number of aromatic nitrogens is 1. The smallest absolute Gasteiger partial charge is 0.260 e. The molecule has 3 atom stereocenters. The standard InChI is InChI=1S/C17H20FN3O3/c18-17(3-4-17)16(23)21-8-13-11(10-24-14(13)9-21)6-15(22)20-12-2-1-5-19-7-12/h1-2,5,7,11,13-14H,3-4,6,8-10H2,(H,20,22)/t11-,13+,14+/m0/s1. The molecule has 0 unspecified atom stereocenters. The minimum absolute atomic E-state index is 0.0548. The largest absolute Gasteiger partial charge is 0.376 e. The maximum absolute atomic E-state index is 14.0. The van der Waals surface area contributed by atoms with Gasteiger partial charge in [-0.2, -0.15) is 0 Å². The summed E-state index contributed by atoms with van der Waals surface area (Å²) >= 11 is 0. The molecule has 128 valence electrons. The molecule has 6 nitrogen and oxygen atoms in total. The van der Waals surface area contributed by atoms with Gasteiger partial charge in [0.25, 0.3) is 5.91 Å². The fourth-order valence-corrected chi connectivity index (χ4v) is 3.67. The van der Waals surface area contributed by atoms with Crippen LogP contribution in [0.25, 0.3) is 0 Å². The van der Waals surface area contributed by atoms with Gasteiger partial charge in [-0.15, -0.1) is 0 Å². The quantitative estimate of drug-likeness (QED) is 0.904. The topological polar surface area (TPSA) is 71.5 Å². The van der Waals surface area contributed by atoms with Crippen molar-refractivity contribution in [3.63, 3.8) is 0 Å². The highest BCUT2D eigenvalue weighted by Gasteiger charge is 2.56. The van der Waals surface area contributed by atoms with E-state index in [0.29, 0.717) is 44.6 Å². The lowest BCUT2D eigenvalue weighted by Crippen LogP contribution is -2.38. The second-order valence-corrected chi connectivity index (χ2v) is 6.97. The summed E-state index contributed by atoms with van der Waals surface area (Å²) in [5.41, 5.74) is -0.972. The van der Waals surface area contributed by atoms with E-state index >= 15 is 0 Å². The first-order chi connectivity index (χ1) is 11.5. The van der Waals surface area contributed by atoms with Crippen LogP contribution in [0.4, 0.5) is 10.1 Å². The monoisotopic (exact) mass is 333 g/mol. The van der Waals surface area contributed by atoms with Gasteiger partial charge in [0.2, 0.25) is 5.91 Å². The molecule has 24 heavy (non-hydrogen) atoms. The van der Waals surface area contributed by atoms with E-state index in [0.717, 1.165) is 0 Å². The number of carbonyl (C=O) groups excluding carboxylic acids is 2. The number of amides is 2. The molecule has 1 saturated carbocycles. The number of hydrogen-bond donors (Lipinski definition) is 1. The number of halogens is 1. The van der Waals surface area contributed by atoms with Crippen molar-refractivity contribution >= 4 is 17.5 Å². The van der Waals surface area contributed by atoms with E-state index in [1.807, 2.05) is 0 Å². The number of likely N-dealkylation sites (tertiary alicyclic amines) is 1. The molecule has 7 heteroatoms. The number of alkyl halides is 1. The van der Waals surface area contributed by atoms with Crippen molar-refractivity contribution in [2.24, 2.45) is 11.8 Å². The van der Waals surface area contributed by atoms with Crippen molar-refractivity contribution in [1.29, 1.82) is 0 Å². The molecule has 0 aromatic carbocycles. The predicted molar refractivity (Wildman–Crippen MR) is 83.9 cm³/mol. The van der Waals surface area contributed by atoms with Crippen LogP contribution in [0.5, 0.6) is 0 Å². The van der Waals surface area contributed by atoms with Crippen LogP contribution < -0.4 is 5.32 Å². The summed E-state index contributed by atoms with van der Waals surface area (Å²) < 4.78 is 19.7. The van der Waals surface area contributed by atoms with E-state index in [1.165, 1.54) is 0 Å². The number of rotatable bonds is 4. The third-order valence-electron chi connectivity index (χ3n) is 5.19. The van der Waals surface area contributed by atoms with Crippen LogP contribution in [0.3, 0.4) is 0 Å². The zero-order chi connectivity index (χ0) is 16.7. The van der Waals surface area contributed by atoms with E-state index in [9.17, 15) is 14.0 Å². The van der Waals surface area contributed by atoms with E-state index in [1.54, 1.807) is 29.4 Å². The van der Waals surface area contributed by atoms with Crippen LogP contribution in [0.15, 0.2) is 24.5 Å². The van der Waals surface area contributed by atoms with Gasteiger partial charge in [-0.25, -0.2) is 4.39 Å². The number of nitrogens with zero attached hydrogens (tertiary/aromatic N) is 2. The Morgan fingerprint density at radius 1 is 1.42 bits per heavy atom. The molecule has 3 heterocycles. The maximum Gasteiger partial charge on any atom is 0.260 e. The number of pyridine rings is 1. The highest BCUT2D eigenvalue weighted by Crippen LogP contribution is 2.44. The average Bonchev–Trinajstić information content (AvgIpc) is 3.03. The second kappa shape index (κ2) is 5.81. The maximum atomic E-state index is 14.0. The Hall–Kier alpha value is -2.02. The Kier molecular flexibility index (Phi) is 3.75. The number of carbonyl (C=O) groups is 2. The summed E-state index contributed by atoms with van der Waals surface area (Å²) in [6.45, 7) is 1.44. The first-order valence-corrected chi connectivity index (χ1v) is 8.35. The average molecular weight is 333 g/mol. The Bertz CT molecular complexity index is 650. The number of fused-ring (bicyclic) bond motifs is 1. The SMILES string of the molecule is O=C(C[C@H]1CO[C@@H]2CN(C(=O)C3(F)CC3)C[C@H]12)Nc1cccnc1. The molecule has 3 aliphatic rings. The van der Waals surface area contributed by atoms with Gasteiger partial charge >= 0.3 is 0 Å². The predicted octanol–water partition coefficient (Wildman–Crippen LogP) is 1.39. The zero-order valence-corrected chi connectivity index (χ0v) is 13.3. The fourth-order valence-electron chi connectivity index (χ4n) is 3.67. The van der Waals surface area contributed by atoms with Crippen molar-refractivity contribution in [2.45, 2.75) is 31.0 Å². The Morgan fingerprint density at radius 3 is 2.96 bits per heavy atom. The molecule has 2 amide bonds. The van der Waals surface area contributed by atoms with E-state index in [4.69, 9.17) is 4.74 Å². The van der Waals surface area contributed by atoms with Crippen molar-refractivity contribution in [1.82, 2.24) is 9.88 Å². The van der Waals surface area contributed by atoms with Crippen LogP contribution in [0.2, 0.25) is 0 Å². The van der Waals surface area contributed by atoms with E-state index < -0.39 is 11.6 Å². The van der Waals surface area contributed by atoms with Gasteiger partial charge in [-0.1, -0.05) is 0 Å². The summed E-state index contributed by atoms with van der Waals surface area (Å²) in [4.78, 5) is 29.9. The van der Waals surface area contributed by atoms with Gasteiger partial charge < -0.3 is 15.0 Å². The fraction of sp³-hybridized carbons (Fsp3) is 0.588. The molecule has 1 aromatic heterocycles. The minimum Gasteiger partial charge on any atom is -0.376 e. The molecule has 2 saturated heterocycles. The van der Waals surface area contributed by atoms with Crippen molar-refractivity contribution in [2.75, 3.05) is 25.0 Å². The van der Waals surface area contributed by atoms with Crippen LogP contribution in [0, 0.1) is 11.8 Å². The Labute approximate surface area is 139 Å². The van der Waals surface area contributed by atoms with Crippen LogP contribution >= 0.6 is 0 Å². The number of nitrogens with one attached hydrogen (secondary N) is 1. The number of anilines is 1. The van der Waals surface area contributed by atoms with Gasteiger partial charge in [0.15, 0.2) is 5.67 Å². The van der Waals surface area contributed by atoms with E-state index in [2.05, 4.69) is 10.3 Å². The molecule has 0 radical (unpaired) electrons. The second-order valence-electron chi connectivity index (χ2n) is 6.97. The first-order valence-electron chi connectivity index (χ1n) is 8.35. The normalized spacial score (nSPS) is 30.0. The lowest BCUT2D eigenvalue weighted by atomic mass is 9.90. The summed E-state index contributed by atoms with van der Waals surface area (Å²) in [6.07, 6.45) is 4.15. The lowest BCUT2D eigenvalue weighted by molar-refractivity contribution is -0.137. The van der Waals surface area contributed by atoms with Crippen molar-refractivity contribution in [3.05, 3.63) is 24.5 Å². The molecule has 1 N–H and O–H groups in total. The molecule has 3 fully saturated rings. The highest BCUT2D eigenvalue weighted by atomic mass is 19.1. The number of ether oxygens (including phenoxy) is 1. The molecule has 0 bridgehead atoms. The highest BCUT2D eigenvalue weighted by molar-refractivity contribution is 5.91. The minimum atomic E-state index is -1.63. The van der Waals surface area contributed by atoms with Gasteiger partial charge in [0.05, 0.1) is 24.6 Å². The van der Waals surface area contributed by atoms with Gasteiger partial charge in [0, 0.05) is 31.6 Å². The molecule has 4 rings (SSSR count).